The Kier molecular flexibility index (Phi) is 5.61. The monoisotopic (exact) mass is 305 g/mol. The van der Waals surface area contributed by atoms with E-state index >= 15 is 0 Å². The first-order valence-corrected chi connectivity index (χ1v) is 6.99. The molecule has 116 valence electrons. The van der Waals surface area contributed by atoms with Gasteiger partial charge in [-0.05, 0) is 41.8 Å². The second-order valence-electron chi connectivity index (χ2n) is 5.00. The average Bonchev–Trinajstić information content (AvgIpc) is 2.52. The third-order valence-corrected chi connectivity index (χ3v) is 3.30. The van der Waals surface area contributed by atoms with E-state index in [1.54, 1.807) is 12.1 Å². The molecule has 1 atom stereocenters. The predicted octanol–water partition coefficient (Wildman–Crippen LogP) is 2.75. The summed E-state index contributed by atoms with van der Waals surface area (Å²) < 4.78 is 25.5. The first kappa shape index (κ1) is 16.1. The highest BCUT2D eigenvalue weighted by molar-refractivity contribution is 5.76. The summed E-state index contributed by atoms with van der Waals surface area (Å²) in [7, 11) is 0. The van der Waals surface area contributed by atoms with Gasteiger partial charge < -0.3 is 10.4 Å². The van der Waals surface area contributed by atoms with Crippen molar-refractivity contribution >= 4 is 5.91 Å². The lowest BCUT2D eigenvalue weighted by Crippen LogP contribution is -2.28. The summed E-state index contributed by atoms with van der Waals surface area (Å²) in [6.45, 7) is 0.0634. The lowest BCUT2D eigenvalue weighted by Gasteiger charge is -2.12. The van der Waals surface area contributed by atoms with E-state index in [-0.39, 0.29) is 30.5 Å². The minimum Gasteiger partial charge on any atom is -0.387 e. The third-order valence-electron chi connectivity index (χ3n) is 3.30. The summed E-state index contributed by atoms with van der Waals surface area (Å²) >= 11 is 0. The van der Waals surface area contributed by atoms with Crippen LogP contribution in [-0.2, 0) is 11.2 Å². The molecule has 2 rings (SSSR count). The van der Waals surface area contributed by atoms with E-state index in [9.17, 15) is 18.7 Å². The maximum Gasteiger partial charge on any atom is 0.220 e. The van der Waals surface area contributed by atoms with Gasteiger partial charge in [0.25, 0.3) is 0 Å². The molecule has 0 spiro atoms. The molecule has 5 heteroatoms. The van der Waals surface area contributed by atoms with Gasteiger partial charge in [0, 0.05) is 13.0 Å². The van der Waals surface area contributed by atoms with Gasteiger partial charge in [-0.3, -0.25) is 4.79 Å². The molecule has 3 nitrogen and oxygen atoms in total. The van der Waals surface area contributed by atoms with Crippen molar-refractivity contribution in [2.45, 2.75) is 18.9 Å². The van der Waals surface area contributed by atoms with Crippen LogP contribution >= 0.6 is 0 Å². The second-order valence-corrected chi connectivity index (χ2v) is 5.00. The molecule has 22 heavy (non-hydrogen) atoms. The smallest absolute Gasteiger partial charge is 0.220 e. The van der Waals surface area contributed by atoms with Crippen molar-refractivity contribution in [2.75, 3.05) is 6.54 Å². The maximum absolute atomic E-state index is 12.8. The Balaban J connectivity index is 1.75. The summed E-state index contributed by atoms with van der Waals surface area (Å²) in [4.78, 5) is 11.7. The molecule has 0 radical (unpaired) electrons. The van der Waals surface area contributed by atoms with Gasteiger partial charge in [-0.25, -0.2) is 8.78 Å². The van der Waals surface area contributed by atoms with E-state index in [0.717, 1.165) is 5.56 Å². The Morgan fingerprint density at radius 2 is 1.55 bits per heavy atom. The molecule has 0 aliphatic carbocycles. The van der Waals surface area contributed by atoms with E-state index in [0.29, 0.717) is 12.0 Å². The lowest BCUT2D eigenvalue weighted by atomic mass is 10.1. The number of rotatable bonds is 6. The quantitative estimate of drug-likeness (QED) is 0.862. The Hall–Kier alpha value is -2.27. The molecule has 2 aromatic rings. The van der Waals surface area contributed by atoms with E-state index in [1.807, 2.05) is 0 Å². The zero-order valence-electron chi connectivity index (χ0n) is 11.9. The van der Waals surface area contributed by atoms with Crippen LogP contribution in [0, 0.1) is 11.6 Å². The summed E-state index contributed by atoms with van der Waals surface area (Å²) in [5.41, 5.74) is 1.41. The van der Waals surface area contributed by atoms with Crippen LogP contribution in [0.1, 0.15) is 23.7 Å². The minimum absolute atomic E-state index is 0.0634. The van der Waals surface area contributed by atoms with Gasteiger partial charge in [-0.15, -0.1) is 0 Å². The molecule has 1 unspecified atom stereocenters. The fraction of sp³-hybridized carbons (Fsp3) is 0.235. The Morgan fingerprint density at radius 3 is 2.14 bits per heavy atom. The van der Waals surface area contributed by atoms with Crippen LogP contribution in [0.25, 0.3) is 0 Å². The third kappa shape index (κ3) is 4.93. The molecule has 0 heterocycles. The van der Waals surface area contributed by atoms with Crippen molar-refractivity contribution in [1.82, 2.24) is 5.32 Å². The standard InChI is InChI=1S/C17H17F2NO2/c18-14-6-1-12(2-7-14)3-10-17(22)20-11-16(21)13-4-8-15(19)9-5-13/h1-2,4-9,16,21H,3,10-11H2,(H,20,22). The highest BCUT2D eigenvalue weighted by Crippen LogP contribution is 2.12. The Labute approximate surface area is 127 Å². The number of benzene rings is 2. The van der Waals surface area contributed by atoms with Gasteiger partial charge in [0.1, 0.15) is 11.6 Å². The van der Waals surface area contributed by atoms with Gasteiger partial charge in [-0.2, -0.15) is 0 Å². The molecule has 0 aromatic heterocycles. The summed E-state index contributed by atoms with van der Waals surface area (Å²) in [5.74, 6) is -0.889. The van der Waals surface area contributed by atoms with E-state index in [1.165, 1.54) is 36.4 Å². The second kappa shape index (κ2) is 7.66. The van der Waals surface area contributed by atoms with Crippen LogP contribution in [-0.4, -0.2) is 17.6 Å². The van der Waals surface area contributed by atoms with Crippen molar-refractivity contribution in [3.8, 4) is 0 Å². The number of amides is 1. The Morgan fingerprint density at radius 1 is 1.00 bits per heavy atom. The fourth-order valence-corrected chi connectivity index (χ4v) is 2.01. The number of halogens is 2. The largest absolute Gasteiger partial charge is 0.387 e. The predicted molar refractivity (Wildman–Crippen MR) is 79.1 cm³/mol. The van der Waals surface area contributed by atoms with Gasteiger partial charge in [0.2, 0.25) is 5.91 Å². The number of carbonyl (C=O) groups is 1. The van der Waals surface area contributed by atoms with E-state index in [2.05, 4.69) is 5.32 Å². The molecule has 0 fully saturated rings. The topological polar surface area (TPSA) is 49.3 Å². The van der Waals surface area contributed by atoms with Gasteiger partial charge in [0.15, 0.2) is 0 Å². The van der Waals surface area contributed by atoms with Crippen molar-refractivity contribution in [2.24, 2.45) is 0 Å². The van der Waals surface area contributed by atoms with Crippen molar-refractivity contribution in [1.29, 1.82) is 0 Å². The molecule has 0 bridgehead atoms. The highest BCUT2D eigenvalue weighted by Gasteiger charge is 2.09. The van der Waals surface area contributed by atoms with Crippen molar-refractivity contribution in [3.63, 3.8) is 0 Å². The van der Waals surface area contributed by atoms with Crippen LogP contribution in [0.4, 0.5) is 8.78 Å². The molecule has 1 amide bonds. The fourth-order valence-electron chi connectivity index (χ4n) is 2.01. The minimum atomic E-state index is -0.879. The zero-order valence-corrected chi connectivity index (χ0v) is 11.9. The molecule has 0 aliphatic rings. The number of aliphatic hydroxyl groups excluding tert-OH is 1. The molecular weight excluding hydrogens is 288 g/mol. The zero-order chi connectivity index (χ0) is 15.9. The number of aryl methyl sites for hydroxylation is 1. The average molecular weight is 305 g/mol. The van der Waals surface area contributed by atoms with Crippen molar-refractivity contribution in [3.05, 3.63) is 71.3 Å². The maximum atomic E-state index is 12.8. The molecule has 2 aromatic carbocycles. The normalized spacial score (nSPS) is 12.0. The first-order valence-electron chi connectivity index (χ1n) is 6.99. The number of nitrogens with one attached hydrogen (secondary N) is 1. The molecule has 0 saturated carbocycles. The summed E-state index contributed by atoms with van der Waals surface area (Å²) in [6.07, 6.45) is -0.129. The summed E-state index contributed by atoms with van der Waals surface area (Å²) in [6, 6.07) is 11.4. The lowest BCUT2D eigenvalue weighted by molar-refractivity contribution is -0.121. The van der Waals surface area contributed by atoms with Gasteiger partial charge in [-0.1, -0.05) is 24.3 Å². The van der Waals surface area contributed by atoms with Crippen LogP contribution in [0.2, 0.25) is 0 Å². The highest BCUT2D eigenvalue weighted by atomic mass is 19.1. The van der Waals surface area contributed by atoms with Crippen molar-refractivity contribution < 1.29 is 18.7 Å². The van der Waals surface area contributed by atoms with Crippen LogP contribution in [0.5, 0.6) is 0 Å². The molecule has 0 saturated heterocycles. The van der Waals surface area contributed by atoms with E-state index < -0.39 is 6.10 Å². The van der Waals surface area contributed by atoms with Crippen LogP contribution in [0.3, 0.4) is 0 Å². The molecule has 0 aliphatic heterocycles. The van der Waals surface area contributed by atoms with Crippen LogP contribution < -0.4 is 5.32 Å². The first-order chi connectivity index (χ1) is 10.5. The van der Waals surface area contributed by atoms with E-state index in [4.69, 9.17) is 0 Å². The Bertz CT molecular complexity index is 612. The molecular formula is C17H17F2NO2. The number of carbonyl (C=O) groups excluding carboxylic acids is 1. The molecule has 2 N–H and O–H groups in total. The SMILES string of the molecule is O=C(CCc1ccc(F)cc1)NCC(O)c1ccc(F)cc1. The number of aliphatic hydroxyl groups is 1. The van der Waals surface area contributed by atoms with Crippen LogP contribution in [0.15, 0.2) is 48.5 Å². The number of hydrogen-bond donors (Lipinski definition) is 2. The summed E-state index contributed by atoms with van der Waals surface area (Å²) in [5, 5.41) is 12.5. The van der Waals surface area contributed by atoms with Gasteiger partial charge in [0.05, 0.1) is 6.10 Å². The number of hydrogen-bond acceptors (Lipinski definition) is 2. The van der Waals surface area contributed by atoms with Gasteiger partial charge >= 0.3 is 0 Å².